The molecule has 0 bridgehead atoms. The van der Waals surface area contributed by atoms with Crippen LogP contribution in [0.3, 0.4) is 0 Å². The number of carbonyl (C=O) groups excluding carboxylic acids is 1. The lowest BCUT2D eigenvalue weighted by atomic mass is 9.98. The average Bonchev–Trinajstić information content (AvgIpc) is 2.47. The molecule has 2 N–H and O–H groups in total. The third-order valence-corrected chi connectivity index (χ3v) is 3.73. The van der Waals surface area contributed by atoms with Crippen molar-refractivity contribution in [2.45, 2.75) is 31.7 Å². The van der Waals surface area contributed by atoms with Gasteiger partial charge in [0.15, 0.2) is 0 Å². The van der Waals surface area contributed by atoms with Crippen molar-refractivity contribution in [3.8, 4) is 0 Å². The number of piperidine rings is 1. The van der Waals surface area contributed by atoms with E-state index in [9.17, 15) is 4.79 Å². The van der Waals surface area contributed by atoms with Crippen LogP contribution in [0.2, 0.25) is 0 Å². The first-order chi connectivity index (χ1) is 9.26. The van der Waals surface area contributed by atoms with Gasteiger partial charge in [-0.15, -0.1) is 0 Å². The quantitative estimate of drug-likeness (QED) is 0.845. The van der Waals surface area contributed by atoms with Crippen LogP contribution in [0.1, 0.15) is 36.0 Å². The van der Waals surface area contributed by atoms with E-state index in [-0.39, 0.29) is 5.97 Å². The predicted molar refractivity (Wildman–Crippen MR) is 76.4 cm³/mol. The summed E-state index contributed by atoms with van der Waals surface area (Å²) in [6, 6.07) is 8.17. The van der Waals surface area contributed by atoms with Crippen molar-refractivity contribution < 1.29 is 9.53 Å². The van der Waals surface area contributed by atoms with Gasteiger partial charge in [0.2, 0.25) is 0 Å². The van der Waals surface area contributed by atoms with Crippen molar-refractivity contribution in [3.05, 3.63) is 29.8 Å². The van der Waals surface area contributed by atoms with E-state index in [1.54, 1.807) is 6.07 Å². The zero-order valence-corrected chi connectivity index (χ0v) is 11.5. The lowest BCUT2D eigenvalue weighted by molar-refractivity contribution is 0.0600. The largest absolute Gasteiger partial charge is 0.465 e. The summed E-state index contributed by atoms with van der Waals surface area (Å²) in [6.07, 6.45) is 4.64. The van der Waals surface area contributed by atoms with Crippen molar-refractivity contribution in [1.82, 2.24) is 0 Å². The molecule has 0 amide bonds. The number of carbonyl (C=O) groups is 1. The summed E-state index contributed by atoms with van der Waals surface area (Å²) >= 11 is 0. The molecule has 4 nitrogen and oxygen atoms in total. The molecule has 1 aromatic carbocycles. The van der Waals surface area contributed by atoms with E-state index >= 15 is 0 Å². The molecule has 1 aliphatic heterocycles. The van der Waals surface area contributed by atoms with Gasteiger partial charge in [-0.05, 0) is 50.4 Å². The van der Waals surface area contributed by atoms with Gasteiger partial charge in [0, 0.05) is 18.3 Å². The Bertz CT molecular complexity index is 432. The molecule has 2 rings (SSSR count). The van der Waals surface area contributed by atoms with Crippen molar-refractivity contribution in [2.24, 2.45) is 5.73 Å². The molecule has 1 heterocycles. The first kappa shape index (κ1) is 13.9. The monoisotopic (exact) mass is 262 g/mol. The van der Waals surface area contributed by atoms with Gasteiger partial charge in [-0.25, -0.2) is 4.79 Å². The fraction of sp³-hybridized carbons (Fsp3) is 0.533. The number of nitrogens with zero attached hydrogens (tertiary/aromatic N) is 1. The number of anilines is 1. The van der Waals surface area contributed by atoms with Gasteiger partial charge in [-0.1, -0.05) is 6.07 Å². The van der Waals surface area contributed by atoms with Crippen LogP contribution in [0.5, 0.6) is 0 Å². The molecule has 1 atom stereocenters. The topological polar surface area (TPSA) is 55.6 Å². The highest BCUT2D eigenvalue weighted by molar-refractivity contribution is 5.90. The van der Waals surface area contributed by atoms with Crippen LogP contribution in [0, 0.1) is 0 Å². The molecule has 1 fully saturated rings. The fourth-order valence-electron chi connectivity index (χ4n) is 2.76. The Labute approximate surface area is 114 Å². The Balaban J connectivity index is 2.21. The highest BCUT2D eigenvalue weighted by atomic mass is 16.5. The van der Waals surface area contributed by atoms with Crippen molar-refractivity contribution in [3.63, 3.8) is 0 Å². The molecule has 104 valence electrons. The number of hydrogen-bond acceptors (Lipinski definition) is 4. The van der Waals surface area contributed by atoms with Crippen LogP contribution in [0.4, 0.5) is 5.69 Å². The maximum Gasteiger partial charge on any atom is 0.337 e. The van der Waals surface area contributed by atoms with Gasteiger partial charge < -0.3 is 15.4 Å². The molecule has 1 saturated heterocycles. The Morgan fingerprint density at radius 3 is 3.05 bits per heavy atom. The third kappa shape index (κ3) is 3.26. The van der Waals surface area contributed by atoms with E-state index in [1.165, 1.54) is 26.4 Å². The molecule has 1 unspecified atom stereocenters. The molecular weight excluding hydrogens is 240 g/mol. The smallest absolute Gasteiger partial charge is 0.337 e. The first-order valence-electron chi connectivity index (χ1n) is 6.91. The maximum absolute atomic E-state index is 11.6. The number of ether oxygens (including phenoxy) is 1. The van der Waals surface area contributed by atoms with E-state index in [0.717, 1.165) is 18.7 Å². The Morgan fingerprint density at radius 1 is 1.47 bits per heavy atom. The van der Waals surface area contributed by atoms with E-state index in [1.807, 2.05) is 12.1 Å². The second-order valence-corrected chi connectivity index (χ2v) is 4.96. The highest BCUT2D eigenvalue weighted by Crippen LogP contribution is 2.27. The molecule has 0 aliphatic carbocycles. The summed E-state index contributed by atoms with van der Waals surface area (Å²) in [5, 5.41) is 0. The molecule has 19 heavy (non-hydrogen) atoms. The van der Waals surface area contributed by atoms with Crippen LogP contribution in [0.15, 0.2) is 24.3 Å². The zero-order chi connectivity index (χ0) is 13.7. The first-order valence-corrected chi connectivity index (χ1v) is 6.91. The normalized spacial score (nSPS) is 19.3. The number of hydrogen-bond donors (Lipinski definition) is 1. The zero-order valence-electron chi connectivity index (χ0n) is 11.5. The number of esters is 1. The van der Waals surface area contributed by atoms with E-state index in [2.05, 4.69) is 11.0 Å². The summed E-state index contributed by atoms with van der Waals surface area (Å²) < 4.78 is 4.78. The Kier molecular flexibility index (Phi) is 4.80. The Morgan fingerprint density at radius 2 is 2.32 bits per heavy atom. The summed E-state index contributed by atoms with van der Waals surface area (Å²) in [5.74, 6) is -0.283. The summed E-state index contributed by atoms with van der Waals surface area (Å²) in [7, 11) is 1.41. The van der Waals surface area contributed by atoms with Crippen LogP contribution in [0.25, 0.3) is 0 Å². The summed E-state index contributed by atoms with van der Waals surface area (Å²) in [6.45, 7) is 1.74. The van der Waals surface area contributed by atoms with Gasteiger partial charge in [-0.3, -0.25) is 0 Å². The molecule has 1 aromatic rings. The lowest BCUT2D eigenvalue weighted by Gasteiger charge is -2.37. The van der Waals surface area contributed by atoms with Crippen LogP contribution >= 0.6 is 0 Å². The van der Waals surface area contributed by atoms with E-state index < -0.39 is 0 Å². The van der Waals surface area contributed by atoms with Crippen LogP contribution in [-0.4, -0.2) is 32.2 Å². The van der Waals surface area contributed by atoms with E-state index in [4.69, 9.17) is 10.5 Å². The lowest BCUT2D eigenvalue weighted by Crippen LogP contribution is -2.40. The molecule has 0 aromatic heterocycles. The summed E-state index contributed by atoms with van der Waals surface area (Å²) in [4.78, 5) is 14.0. The van der Waals surface area contributed by atoms with Gasteiger partial charge in [0.05, 0.1) is 12.7 Å². The van der Waals surface area contributed by atoms with E-state index in [0.29, 0.717) is 18.2 Å². The van der Waals surface area contributed by atoms with Crippen molar-refractivity contribution in [2.75, 3.05) is 25.1 Å². The highest BCUT2D eigenvalue weighted by Gasteiger charge is 2.22. The average molecular weight is 262 g/mol. The number of methoxy groups -OCH3 is 1. The van der Waals surface area contributed by atoms with Gasteiger partial charge >= 0.3 is 5.97 Å². The molecule has 0 saturated carbocycles. The van der Waals surface area contributed by atoms with Crippen molar-refractivity contribution >= 4 is 11.7 Å². The van der Waals surface area contributed by atoms with Crippen LogP contribution < -0.4 is 10.6 Å². The minimum Gasteiger partial charge on any atom is -0.465 e. The molecule has 0 radical (unpaired) electrons. The second-order valence-electron chi connectivity index (χ2n) is 4.96. The number of rotatable bonds is 4. The fourth-order valence-corrected chi connectivity index (χ4v) is 2.76. The van der Waals surface area contributed by atoms with Gasteiger partial charge in [0.1, 0.15) is 0 Å². The maximum atomic E-state index is 11.6. The standard InChI is InChI=1S/C15H22N2O2/c1-19-15(18)12-5-4-7-14(11-12)17-10-3-2-6-13(17)8-9-16/h4-5,7,11,13H,2-3,6,8-10,16H2,1H3. The second kappa shape index (κ2) is 6.57. The van der Waals surface area contributed by atoms with Gasteiger partial charge in [0.25, 0.3) is 0 Å². The van der Waals surface area contributed by atoms with Crippen molar-refractivity contribution in [1.29, 1.82) is 0 Å². The van der Waals surface area contributed by atoms with Crippen LogP contribution in [-0.2, 0) is 4.74 Å². The molecule has 0 spiro atoms. The SMILES string of the molecule is COC(=O)c1cccc(N2CCCCC2CCN)c1. The number of benzene rings is 1. The van der Waals surface area contributed by atoms with Gasteiger partial charge in [-0.2, -0.15) is 0 Å². The molecular formula is C15H22N2O2. The predicted octanol–water partition coefficient (Wildman–Crippen LogP) is 2.18. The minimum absolute atomic E-state index is 0.283. The minimum atomic E-state index is -0.283. The molecule has 1 aliphatic rings. The Hall–Kier alpha value is -1.55. The third-order valence-electron chi connectivity index (χ3n) is 3.73. The number of nitrogens with two attached hydrogens (primary N) is 1. The summed E-state index contributed by atoms with van der Waals surface area (Å²) in [5.41, 5.74) is 7.41. The molecule has 4 heteroatoms.